The number of amides is 2. The molecular formula is C8H12N2O. The van der Waals surface area contributed by atoms with E-state index in [0.29, 0.717) is 6.04 Å². The summed E-state index contributed by atoms with van der Waals surface area (Å²) in [7, 11) is 0. The third-order valence-electron chi connectivity index (χ3n) is 1.72. The van der Waals surface area contributed by atoms with Crippen molar-refractivity contribution in [3.63, 3.8) is 0 Å². The van der Waals surface area contributed by atoms with Gasteiger partial charge in [-0.1, -0.05) is 13.2 Å². The molecule has 1 rings (SSSR count). The maximum Gasteiger partial charge on any atom is 0.328 e. The largest absolute Gasteiger partial charge is 0.328 e. The molecule has 1 aliphatic heterocycles. The number of hydrogen-bond acceptors (Lipinski definition) is 1. The maximum atomic E-state index is 11.3. The van der Waals surface area contributed by atoms with Gasteiger partial charge in [-0.2, -0.15) is 0 Å². The Balaban J connectivity index is 2.52. The van der Waals surface area contributed by atoms with Gasteiger partial charge in [0, 0.05) is 25.0 Å². The minimum atomic E-state index is -0.0394. The zero-order valence-corrected chi connectivity index (χ0v) is 6.66. The molecule has 0 bridgehead atoms. The van der Waals surface area contributed by atoms with E-state index in [9.17, 15) is 4.79 Å². The van der Waals surface area contributed by atoms with Crippen molar-refractivity contribution in [2.75, 3.05) is 6.54 Å². The fraction of sp³-hybridized carbons (Fsp3) is 0.375. The van der Waals surface area contributed by atoms with Gasteiger partial charge in [-0.25, -0.2) is 4.79 Å². The van der Waals surface area contributed by atoms with Gasteiger partial charge >= 0.3 is 6.03 Å². The number of hydrogen-bond donors (Lipinski definition) is 0. The van der Waals surface area contributed by atoms with Crippen molar-refractivity contribution in [2.24, 2.45) is 0 Å². The van der Waals surface area contributed by atoms with Crippen LogP contribution in [0.3, 0.4) is 0 Å². The summed E-state index contributed by atoms with van der Waals surface area (Å²) in [5.41, 5.74) is 0. The van der Waals surface area contributed by atoms with Crippen molar-refractivity contribution >= 4 is 6.03 Å². The molecular weight excluding hydrogens is 140 g/mol. The molecule has 0 saturated carbocycles. The second-order valence-corrected chi connectivity index (χ2v) is 2.56. The molecule has 0 aromatic heterocycles. The molecule has 0 aromatic carbocycles. The summed E-state index contributed by atoms with van der Waals surface area (Å²) in [4.78, 5) is 14.4. The molecule has 1 heterocycles. The lowest BCUT2D eigenvalue weighted by atomic mass is 10.6. The van der Waals surface area contributed by atoms with Crippen molar-refractivity contribution < 1.29 is 4.79 Å². The Morgan fingerprint density at radius 1 is 1.64 bits per heavy atom. The molecule has 0 N–H and O–H groups in total. The smallest absolute Gasteiger partial charge is 0.318 e. The van der Waals surface area contributed by atoms with Gasteiger partial charge in [0.05, 0.1) is 0 Å². The number of nitrogens with zero attached hydrogens (tertiary/aromatic N) is 2. The van der Waals surface area contributed by atoms with Gasteiger partial charge in [0.25, 0.3) is 0 Å². The molecule has 0 aromatic rings. The highest BCUT2D eigenvalue weighted by atomic mass is 16.2. The average Bonchev–Trinajstić information content (AvgIpc) is 2.69. The summed E-state index contributed by atoms with van der Waals surface area (Å²) < 4.78 is 0. The van der Waals surface area contributed by atoms with E-state index in [1.165, 1.54) is 17.3 Å². The van der Waals surface area contributed by atoms with Crippen molar-refractivity contribution in [3.05, 3.63) is 25.6 Å². The summed E-state index contributed by atoms with van der Waals surface area (Å²) in [5, 5.41) is 0. The van der Waals surface area contributed by atoms with E-state index < -0.39 is 0 Å². The molecule has 1 aliphatic rings. The van der Waals surface area contributed by atoms with Gasteiger partial charge in [0.2, 0.25) is 0 Å². The zero-order valence-electron chi connectivity index (χ0n) is 6.66. The Kier molecular flexibility index (Phi) is 1.98. The predicted molar refractivity (Wildman–Crippen MR) is 43.8 cm³/mol. The lowest BCUT2D eigenvalue weighted by Crippen LogP contribution is -2.25. The lowest BCUT2D eigenvalue weighted by Gasteiger charge is -2.12. The molecule has 60 valence electrons. The first-order valence-corrected chi connectivity index (χ1v) is 3.54. The van der Waals surface area contributed by atoms with Crippen molar-refractivity contribution in [3.8, 4) is 0 Å². The molecule has 1 atom stereocenters. The second-order valence-electron chi connectivity index (χ2n) is 2.56. The standard InChI is InChI=1S/C8H12N2O/c1-4-9(5-2)8(11)10-6-7(10)3/h4-5,7H,1-2,6H2,3H3. The highest BCUT2D eigenvalue weighted by Gasteiger charge is 2.35. The predicted octanol–water partition coefficient (Wildman–Crippen LogP) is 1.40. The third kappa shape index (κ3) is 1.42. The molecule has 0 spiro atoms. The van der Waals surface area contributed by atoms with Crippen LogP contribution in [0.4, 0.5) is 4.79 Å². The lowest BCUT2D eigenvalue weighted by molar-refractivity contribution is 0.211. The summed E-state index contributed by atoms with van der Waals surface area (Å²) in [6, 6.07) is 0.340. The molecule has 3 nitrogen and oxygen atoms in total. The van der Waals surface area contributed by atoms with E-state index in [0.717, 1.165) is 6.54 Å². The van der Waals surface area contributed by atoms with Crippen LogP contribution in [0, 0.1) is 0 Å². The summed E-state index contributed by atoms with van der Waals surface area (Å²) in [6.07, 6.45) is 2.92. The molecule has 2 amide bonds. The maximum absolute atomic E-state index is 11.3. The SMILES string of the molecule is C=CN(C=C)C(=O)N1CC1C. The highest BCUT2D eigenvalue weighted by Crippen LogP contribution is 2.18. The quantitative estimate of drug-likeness (QED) is 0.548. The number of urea groups is 1. The number of rotatable bonds is 2. The van der Waals surface area contributed by atoms with Gasteiger partial charge in [-0.3, -0.25) is 4.90 Å². The first-order chi connectivity index (χ1) is 5.20. The summed E-state index contributed by atoms with van der Waals surface area (Å²) >= 11 is 0. The number of carbonyl (C=O) groups is 1. The first-order valence-electron chi connectivity index (χ1n) is 3.54. The van der Waals surface area contributed by atoms with Gasteiger partial charge in [0.1, 0.15) is 0 Å². The first kappa shape index (κ1) is 7.85. The van der Waals surface area contributed by atoms with Gasteiger partial charge < -0.3 is 4.90 Å². The Morgan fingerprint density at radius 2 is 2.09 bits per heavy atom. The topological polar surface area (TPSA) is 23.3 Å². The Hall–Kier alpha value is -1.25. The van der Waals surface area contributed by atoms with E-state index in [4.69, 9.17) is 0 Å². The van der Waals surface area contributed by atoms with Gasteiger partial charge in [-0.05, 0) is 6.92 Å². The van der Waals surface area contributed by atoms with E-state index >= 15 is 0 Å². The fourth-order valence-electron chi connectivity index (χ4n) is 0.883. The summed E-state index contributed by atoms with van der Waals surface area (Å²) in [6.45, 7) is 9.84. The molecule has 1 fully saturated rings. The Bertz CT molecular complexity index is 192. The molecule has 1 unspecified atom stereocenters. The van der Waals surface area contributed by atoms with Crippen LogP contribution in [0.2, 0.25) is 0 Å². The molecule has 0 aliphatic carbocycles. The van der Waals surface area contributed by atoms with E-state index in [2.05, 4.69) is 13.2 Å². The normalized spacial score (nSPS) is 20.8. The fourth-order valence-corrected chi connectivity index (χ4v) is 0.883. The minimum absolute atomic E-state index is 0.0394. The van der Waals surface area contributed by atoms with E-state index in [1.54, 1.807) is 4.90 Å². The van der Waals surface area contributed by atoms with Crippen LogP contribution in [0.15, 0.2) is 25.6 Å². The highest BCUT2D eigenvalue weighted by molar-refractivity contribution is 5.79. The van der Waals surface area contributed by atoms with Crippen LogP contribution >= 0.6 is 0 Å². The molecule has 3 heteroatoms. The van der Waals surface area contributed by atoms with Crippen molar-refractivity contribution in [1.82, 2.24) is 9.80 Å². The monoisotopic (exact) mass is 152 g/mol. The Morgan fingerprint density at radius 3 is 2.36 bits per heavy atom. The average molecular weight is 152 g/mol. The van der Waals surface area contributed by atoms with Crippen LogP contribution in [-0.2, 0) is 0 Å². The van der Waals surface area contributed by atoms with E-state index in [1.807, 2.05) is 6.92 Å². The van der Waals surface area contributed by atoms with Crippen molar-refractivity contribution in [1.29, 1.82) is 0 Å². The third-order valence-corrected chi connectivity index (χ3v) is 1.72. The Labute approximate surface area is 66.6 Å². The van der Waals surface area contributed by atoms with Gasteiger partial charge in [-0.15, -0.1) is 0 Å². The van der Waals surface area contributed by atoms with Crippen LogP contribution in [0.1, 0.15) is 6.92 Å². The van der Waals surface area contributed by atoms with Crippen LogP contribution in [0.5, 0.6) is 0 Å². The summed E-state index contributed by atoms with van der Waals surface area (Å²) in [5.74, 6) is 0. The van der Waals surface area contributed by atoms with Gasteiger partial charge in [0.15, 0.2) is 0 Å². The van der Waals surface area contributed by atoms with Crippen molar-refractivity contribution in [2.45, 2.75) is 13.0 Å². The minimum Gasteiger partial charge on any atom is -0.318 e. The molecule has 1 saturated heterocycles. The second kappa shape index (κ2) is 2.78. The van der Waals surface area contributed by atoms with Crippen LogP contribution in [0.25, 0.3) is 0 Å². The molecule has 0 radical (unpaired) electrons. The van der Waals surface area contributed by atoms with Crippen LogP contribution in [-0.4, -0.2) is 28.4 Å². The molecule has 11 heavy (non-hydrogen) atoms. The zero-order chi connectivity index (χ0) is 8.43. The van der Waals surface area contributed by atoms with Crippen LogP contribution < -0.4 is 0 Å². The number of carbonyl (C=O) groups excluding carboxylic acids is 1. The van der Waals surface area contributed by atoms with E-state index in [-0.39, 0.29) is 6.03 Å².